The lowest BCUT2D eigenvalue weighted by Gasteiger charge is -2.29. The molecular formula is C19H24N4O5. The van der Waals surface area contributed by atoms with Crippen LogP contribution in [0.15, 0.2) is 23.1 Å². The number of hydrogen-bond donors (Lipinski definition) is 1. The quantitative estimate of drug-likeness (QED) is 0.764. The topological polar surface area (TPSA) is 111 Å². The number of imide groups is 1. The van der Waals surface area contributed by atoms with Crippen molar-refractivity contribution in [2.75, 3.05) is 13.1 Å². The average molecular weight is 388 g/mol. The molecule has 9 heteroatoms. The van der Waals surface area contributed by atoms with E-state index in [9.17, 15) is 19.2 Å². The molecule has 1 unspecified atom stereocenters. The largest absolute Gasteiger partial charge is 0.444 e. The van der Waals surface area contributed by atoms with Gasteiger partial charge in [-0.1, -0.05) is 6.08 Å². The highest BCUT2D eigenvalue weighted by Crippen LogP contribution is 2.23. The molecule has 0 saturated carbocycles. The maximum atomic E-state index is 12.5. The second-order valence-electron chi connectivity index (χ2n) is 7.90. The smallest absolute Gasteiger partial charge is 0.410 e. The van der Waals surface area contributed by atoms with Gasteiger partial charge in [0.25, 0.3) is 11.5 Å². The van der Waals surface area contributed by atoms with E-state index < -0.39 is 23.1 Å². The molecule has 150 valence electrons. The highest BCUT2D eigenvalue weighted by molar-refractivity contribution is 5.99. The molecule has 3 amide bonds. The van der Waals surface area contributed by atoms with Gasteiger partial charge in [-0.15, -0.1) is 0 Å². The van der Waals surface area contributed by atoms with E-state index in [1.165, 1.54) is 6.07 Å². The zero-order valence-corrected chi connectivity index (χ0v) is 16.2. The van der Waals surface area contributed by atoms with E-state index in [4.69, 9.17) is 4.74 Å². The van der Waals surface area contributed by atoms with Crippen LogP contribution in [0.1, 0.15) is 51.6 Å². The number of nitrogens with zero attached hydrogens (tertiary/aromatic N) is 3. The van der Waals surface area contributed by atoms with Crippen molar-refractivity contribution in [1.29, 1.82) is 0 Å². The maximum Gasteiger partial charge on any atom is 0.410 e. The lowest BCUT2D eigenvalue weighted by atomic mass is 10.0. The predicted molar refractivity (Wildman–Crippen MR) is 100 cm³/mol. The summed E-state index contributed by atoms with van der Waals surface area (Å²) in [5, 5.41) is 6.37. The molecule has 2 aliphatic rings. The SMILES string of the molecule is CC(C)(C)OC(=O)N1CC=C(c2cnn(C3CCC(=O)NC3=O)c(=O)c2)CC1. The summed E-state index contributed by atoms with van der Waals surface area (Å²) in [6, 6.07) is 0.660. The monoisotopic (exact) mass is 388 g/mol. The second kappa shape index (κ2) is 7.57. The fourth-order valence-corrected chi connectivity index (χ4v) is 3.17. The van der Waals surface area contributed by atoms with Crippen LogP contribution >= 0.6 is 0 Å². The predicted octanol–water partition coefficient (Wildman–Crippen LogP) is 1.25. The summed E-state index contributed by atoms with van der Waals surface area (Å²) in [5.41, 5.74) is 0.630. The van der Waals surface area contributed by atoms with Gasteiger partial charge in [-0.2, -0.15) is 5.10 Å². The first kappa shape index (κ1) is 19.8. The molecule has 1 aromatic heterocycles. The van der Waals surface area contributed by atoms with Gasteiger partial charge in [0.15, 0.2) is 0 Å². The lowest BCUT2D eigenvalue weighted by Crippen LogP contribution is -2.45. The molecule has 1 N–H and O–H groups in total. The molecule has 9 nitrogen and oxygen atoms in total. The summed E-state index contributed by atoms with van der Waals surface area (Å²) >= 11 is 0. The van der Waals surface area contributed by atoms with E-state index in [-0.39, 0.29) is 24.8 Å². The lowest BCUT2D eigenvalue weighted by molar-refractivity contribution is -0.136. The number of carbonyl (C=O) groups is 3. The molecule has 1 fully saturated rings. The molecule has 0 radical (unpaired) electrons. The van der Waals surface area contributed by atoms with Gasteiger partial charge < -0.3 is 9.64 Å². The van der Waals surface area contributed by atoms with Gasteiger partial charge in [0, 0.05) is 31.1 Å². The Bertz CT molecular complexity index is 896. The van der Waals surface area contributed by atoms with Crippen molar-refractivity contribution in [1.82, 2.24) is 20.0 Å². The van der Waals surface area contributed by atoms with Crippen molar-refractivity contribution in [3.8, 4) is 0 Å². The van der Waals surface area contributed by atoms with E-state index in [0.29, 0.717) is 25.1 Å². The van der Waals surface area contributed by atoms with Crippen molar-refractivity contribution in [3.05, 3.63) is 34.3 Å². The minimum atomic E-state index is -0.776. The molecular weight excluding hydrogens is 364 g/mol. The van der Waals surface area contributed by atoms with Crippen molar-refractivity contribution >= 4 is 23.5 Å². The van der Waals surface area contributed by atoms with E-state index in [1.54, 1.807) is 11.1 Å². The summed E-state index contributed by atoms with van der Waals surface area (Å²) in [4.78, 5) is 49.4. The van der Waals surface area contributed by atoms with E-state index >= 15 is 0 Å². The number of ether oxygens (including phenoxy) is 1. The van der Waals surface area contributed by atoms with Crippen LogP contribution < -0.4 is 10.9 Å². The average Bonchev–Trinajstić information content (AvgIpc) is 2.61. The van der Waals surface area contributed by atoms with Gasteiger partial charge in [-0.25, -0.2) is 9.48 Å². The van der Waals surface area contributed by atoms with Crippen molar-refractivity contribution in [2.24, 2.45) is 0 Å². The molecule has 1 aromatic rings. The van der Waals surface area contributed by atoms with Crippen LogP contribution in [0.4, 0.5) is 4.79 Å². The van der Waals surface area contributed by atoms with Crippen molar-refractivity contribution in [2.45, 2.75) is 51.7 Å². The molecule has 3 rings (SSSR count). The second-order valence-corrected chi connectivity index (χ2v) is 7.90. The van der Waals surface area contributed by atoms with Crippen LogP contribution in [0.5, 0.6) is 0 Å². The van der Waals surface area contributed by atoms with Gasteiger partial charge in [0.1, 0.15) is 11.6 Å². The van der Waals surface area contributed by atoms with Gasteiger partial charge in [-0.3, -0.25) is 19.7 Å². The van der Waals surface area contributed by atoms with Crippen molar-refractivity contribution in [3.63, 3.8) is 0 Å². The third-order valence-electron chi connectivity index (χ3n) is 4.56. The number of piperidine rings is 1. The van der Waals surface area contributed by atoms with Crippen LogP contribution in [0.2, 0.25) is 0 Å². The number of nitrogens with one attached hydrogen (secondary N) is 1. The number of rotatable bonds is 2. The molecule has 0 aliphatic carbocycles. The first-order valence-corrected chi connectivity index (χ1v) is 9.24. The first-order valence-electron chi connectivity index (χ1n) is 9.24. The zero-order chi connectivity index (χ0) is 20.5. The fraction of sp³-hybridized carbons (Fsp3) is 0.526. The summed E-state index contributed by atoms with van der Waals surface area (Å²) in [5.74, 6) is -0.851. The third kappa shape index (κ3) is 4.47. The molecule has 1 saturated heterocycles. The highest BCUT2D eigenvalue weighted by atomic mass is 16.6. The van der Waals surface area contributed by atoms with Crippen LogP contribution in [-0.4, -0.2) is 51.3 Å². The Kier molecular flexibility index (Phi) is 5.35. The van der Waals surface area contributed by atoms with Gasteiger partial charge in [0.05, 0.1) is 6.20 Å². The van der Waals surface area contributed by atoms with Gasteiger partial charge in [0.2, 0.25) is 5.91 Å². The molecule has 0 spiro atoms. The Hall–Kier alpha value is -2.97. The molecule has 0 bridgehead atoms. The standard InChI is InChI=1S/C19H24N4O5/c1-19(2,3)28-18(27)22-8-6-12(7-9-22)13-10-16(25)23(20-11-13)14-4-5-15(24)21-17(14)26/h6,10-11,14H,4-5,7-9H2,1-3H3,(H,21,24,26). The number of aromatic nitrogens is 2. The van der Waals surface area contributed by atoms with Crippen LogP contribution in [0, 0.1) is 0 Å². The fourth-order valence-electron chi connectivity index (χ4n) is 3.17. The number of hydrogen-bond acceptors (Lipinski definition) is 6. The molecule has 2 aliphatic heterocycles. The zero-order valence-electron chi connectivity index (χ0n) is 16.2. The summed E-state index contributed by atoms with van der Waals surface area (Å²) in [6.45, 7) is 6.33. The Morgan fingerprint density at radius 1 is 1.25 bits per heavy atom. The van der Waals surface area contributed by atoms with E-state index in [2.05, 4.69) is 10.4 Å². The minimum absolute atomic E-state index is 0.179. The maximum absolute atomic E-state index is 12.5. The molecule has 3 heterocycles. The van der Waals surface area contributed by atoms with Crippen LogP contribution in [0.25, 0.3) is 5.57 Å². The summed E-state index contributed by atoms with van der Waals surface area (Å²) < 4.78 is 6.48. The highest BCUT2D eigenvalue weighted by Gasteiger charge is 2.30. The number of carbonyl (C=O) groups excluding carboxylic acids is 3. The third-order valence-corrected chi connectivity index (χ3v) is 4.56. The Morgan fingerprint density at radius 3 is 2.57 bits per heavy atom. The molecule has 0 aromatic carbocycles. The Morgan fingerprint density at radius 2 is 2.00 bits per heavy atom. The molecule has 1 atom stereocenters. The number of amides is 3. The first-order chi connectivity index (χ1) is 13.1. The van der Waals surface area contributed by atoms with Crippen molar-refractivity contribution < 1.29 is 19.1 Å². The Labute approximate surface area is 162 Å². The van der Waals surface area contributed by atoms with Gasteiger partial charge in [-0.05, 0) is 39.2 Å². The normalized spacial score (nSPS) is 20.5. The van der Waals surface area contributed by atoms with Crippen LogP contribution in [-0.2, 0) is 14.3 Å². The summed E-state index contributed by atoms with van der Waals surface area (Å²) in [6.07, 6.45) is 4.06. The molecule has 28 heavy (non-hydrogen) atoms. The van der Waals surface area contributed by atoms with Gasteiger partial charge >= 0.3 is 6.09 Å². The van der Waals surface area contributed by atoms with Crippen LogP contribution in [0.3, 0.4) is 0 Å². The van der Waals surface area contributed by atoms with E-state index in [1.807, 2.05) is 26.8 Å². The Balaban J connectivity index is 1.71. The minimum Gasteiger partial charge on any atom is -0.444 e. The summed E-state index contributed by atoms with van der Waals surface area (Å²) in [7, 11) is 0. The van der Waals surface area contributed by atoms with E-state index in [0.717, 1.165) is 10.3 Å².